The number of likely N-dealkylation sites (tertiary alicyclic amines) is 1. The number of aromatic hydroxyl groups is 1. The van der Waals surface area contributed by atoms with E-state index in [1.54, 1.807) is 11.0 Å². The third-order valence-electron chi connectivity index (χ3n) is 5.37. The summed E-state index contributed by atoms with van der Waals surface area (Å²) in [5.74, 6) is -1.24. The molecule has 1 heterocycles. The molecule has 0 spiro atoms. The summed E-state index contributed by atoms with van der Waals surface area (Å²) < 4.78 is 13.7. The maximum Gasteiger partial charge on any atom is 0.258 e. The predicted molar refractivity (Wildman–Crippen MR) is 106 cm³/mol. The van der Waals surface area contributed by atoms with E-state index in [0.29, 0.717) is 18.7 Å². The number of nitrogens with one attached hydrogen (secondary N) is 1. The number of carbonyl (C=O) groups excluding carboxylic acids is 2. The highest BCUT2D eigenvalue weighted by molar-refractivity contribution is 6.02. The average molecular weight is 382 g/mol. The molecule has 1 fully saturated rings. The molecule has 0 bridgehead atoms. The fourth-order valence-corrected chi connectivity index (χ4v) is 3.87. The zero-order valence-electron chi connectivity index (χ0n) is 15.9. The smallest absolute Gasteiger partial charge is 0.258 e. The molecule has 1 saturated heterocycles. The average Bonchev–Trinajstić information content (AvgIpc) is 2.97. The van der Waals surface area contributed by atoms with Crippen LogP contribution in [0.1, 0.15) is 42.1 Å². The Morgan fingerprint density at radius 2 is 2.04 bits per heavy atom. The van der Waals surface area contributed by atoms with Crippen molar-refractivity contribution in [1.29, 1.82) is 0 Å². The van der Waals surface area contributed by atoms with Crippen LogP contribution in [0.3, 0.4) is 0 Å². The zero-order valence-corrected chi connectivity index (χ0v) is 15.9. The molecule has 1 aliphatic heterocycles. The van der Waals surface area contributed by atoms with Gasteiger partial charge in [0.15, 0.2) is 0 Å². The van der Waals surface area contributed by atoms with E-state index < -0.39 is 11.4 Å². The molecule has 0 radical (unpaired) electrons. The van der Waals surface area contributed by atoms with Gasteiger partial charge in [-0.25, -0.2) is 4.39 Å². The summed E-state index contributed by atoms with van der Waals surface area (Å²) in [4.78, 5) is 26.4. The monoisotopic (exact) mass is 382 g/mol. The van der Waals surface area contributed by atoms with Crippen LogP contribution in [0.2, 0.25) is 0 Å². The summed E-state index contributed by atoms with van der Waals surface area (Å²) in [5, 5.41) is 12.8. The van der Waals surface area contributed by atoms with E-state index in [2.05, 4.69) is 11.9 Å². The summed E-state index contributed by atoms with van der Waals surface area (Å²) in [6, 6.07) is 10.8. The van der Waals surface area contributed by atoms with Gasteiger partial charge in [0.1, 0.15) is 11.6 Å². The lowest BCUT2D eigenvalue weighted by Gasteiger charge is -2.36. The molecule has 2 aromatic rings. The number of nitrogens with zero attached hydrogens (tertiary/aromatic N) is 1. The van der Waals surface area contributed by atoms with E-state index in [9.17, 15) is 19.1 Å². The van der Waals surface area contributed by atoms with Gasteiger partial charge >= 0.3 is 0 Å². The van der Waals surface area contributed by atoms with Gasteiger partial charge in [-0.3, -0.25) is 9.59 Å². The Bertz CT molecular complexity index is 939. The SMILES string of the molecule is C=CC(=O)Nc1ccc(O)c(C(=O)N2CCC(c3cccc(F)c3)C2(C)C)c1. The fraction of sp³-hybridized carbons (Fsp3) is 0.273. The van der Waals surface area contributed by atoms with Gasteiger partial charge in [-0.1, -0.05) is 18.7 Å². The maximum absolute atomic E-state index is 13.7. The molecule has 1 atom stereocenters. The van der Waals surface area contributed by atoms with Crippen LogP contribution in [0.15, 0.2) is 55.1 Å². The van der Waals surface area contributed by atoms with E-state index in [-0.39, 0.29) is 29.0 Å². The lowest BCUT2D eigenvalue weighted by Crippen LogP contribution is -2.45. The number of hydrogen-bond donors (Lipinski definition) is 2. The van der Waals surface area contributed by atoms with Gasteiger partial charge in [0.25, 0.3) is 5.91 Å². The minimum Gasteiger partial charge on any atom is -0.507 e. The normalized spacial score (nSPS) is 18.0. The Morgan fingerprint density at radius 3 is 2.71 bits per heavy atom. The van der Waals surface area contributed by atoms with E-state index in [1.807, 2.05) is 19.9 Å². The van der Waals surface area contributed by atoms with Gasteiger partial charge in [0, 0.05) is 23.7 Å². The Labute approximate surface area is 163 Å². The molecule has 1 unspecified atom stereocenters. The molecule has 146 valence electrons. The number of hydrogen-bond acceptors (Lipinski definition) is 3. The highest BCUT2D eigenvalue weighted by Crippen LogP contribution is 2.43. The largest absolute Gasteiger partial charge is 0.507 e. The molecule has 2 amide bonds. The summed E-state index contributed by atoms with van der Waals surface area (Å²) in [6.07, 6.45) is 1.82. The van der Waals surface area contributed by atoms with Gasteiger partial charge in [-0.05, 0) is 62.2 Å². The van der Waals surface area contributed by atoms with Gasteiger partial charge in [0.05, 0.1) is 5.56 Å². The van der Waals surface area contributed by atoms with Gasteiger partial charge in [-0.15, -0.1) is 0 Å². The molecule has 0 saturated carbocycles. The molecule has 6 heteroatoms. The van der Waals surface area contributed by atoms with Gasteiger partial charge < -0.3 is 15.3 Å². The highest BCUT2D eigenvalue weighted by Gasteiger charge is 2.45. The van der Waals surface area contributed by atoms with Crippen molar-refractivity contribution in [3.63, 3.8) is 0 Å². The third-order valence-corrected chi connectivity index (χ3v) is 5.37. The number of anilines is 1. The minimum atomic E-state index is -0.572. The molecule has 2 N–H and O–H groups in total. The van der Waals surface area contributed by atoms with Crippen molar-refractivity contribution in [2.45, 2.75) is 31.7 Å². The second-order valence-electron chi connectivity index (χ2n) is 7.43. The lowest BCUT2D eigenvalue weighted by molar-refractivity contribution is -0.111. The number of phenols is 1. The van der Waals surface area contributed by atoms with Crippen molar-refractivity contribution in [2.24, 2.45) is 0 Å². The van der Waals surface area contributed by atoms with Crippen LogP contribution < -0.4 is 5.32 Å². The van der Waals surface area contributed by atoms with E-state index in [1.165, 1.54) is 30.3 Å². The Morgan fingerprint density at radius 1 is 1.29 bits per heavy atom. The zero-order chi connectivity index (χ0) is 20.5. The molecule has 2 aromatic carbocycles. The third kappa shape index (κ3) is 3.63. The van der Waals surface area contributed by atoms with Crippen molar-refractivity contribution >= 4 is 17.5 Å². The summed E-state index contributed by atoms with van der Waals surface area (Å²) >= 11 is 0. The van der Waals surface area contributed by atoms with Crippen LogP contribution >= 0.6 is 0 Å². The second kappa shape index (κ2) is 7.46. The molecule has 28 heavy (non-hydrogen) atoms. The molecular weight excluding hydrogens is 359 g/mol. The second-order valence-corrected chi connectivity index (χ2v) is 7.43. The van der Waals surface area contributed by atoms with Crippen molar-refractivity contribution in [1.82, 2.24) is 4.90 Å². The molecule has 3 rings (SSSR count). The fourth-order valence-electron chi connectivity index (χ4n) is 3.87. The minimum absolute atomic E-state index is 0.0297. The van der Waals surface area contributed by atoms with Crippen molar-refractivity contribution in [3.8, 4) is 5.75 Å². The van der Waals surface area contributed by atoms with Crippen LogP contribution in [-0.2, 0) is 4.79 Å². The number of benzene rings is 2. The molecule has 0 aromatic heterocycles. The maximum atomic E-state index is 13.7. The quantitative estimate of drug-likeness (QED) is 0.619. The number of carbonyl (C=O) groups is 2. The molecule has 0 aliphatic carbocycles. The summed E-state index contributed by atoms with van der Waals surface area (Å²) in [6.45, 7) is 7.75. The van der Waals surface area contributed by atoms with E-state index in [0.717, 1.165) is 11.6 Å². The number of rotatable bonds is 4. The number of amides is 2. The van der Waals surface area contributed by atoms with Crippen LogP contribution in [0, 0.1) is 5.82 Å². The Balaban J connectivity index is 1.89. The first-order valence-electron chi connectivity index (χ1n) is 9.08. The van der Waals surface area contributed by atoms with Crippen LogP contribution in [0.25, 0.3) is 0 Å². The van der Waals surface area contributed by atoms with Crippen molar-refractivity contribution < 1.29 is 19.1 Å². The number of halogens is 1. The van der Waals surface area contributed by atoms with Crippen molar-refractivity contribution in [3.05, 3.63) is 72.1 Å². The first-order chi connectivity index (χ1) is 13.2. The predicted octanol–water partition coefficient (Wildman–Crippen LogP) is 4.06. The summed E-state index contributed by atoms with van der Waals surface area (Å²) in [5.41, 5.74) is 0.772. The topological polar surface area (TPSA) is 69.6 Å². The standard InChI is InChI=1S/C22H23FN2O3/c1-4-20(27)24-16-8-9-19(26)17(13-16)21(28)25-11-10-18(22(25,2)3)14-6-5-7-15(23)12-14/h4-9,12-13,18,26H,1,10-11H2,2-3H3,(H,24,27). The van der Waals surface area contributed by atoms with Crippen LogP contribution in [0.5, 0.6) is 5.75 Å². The lowest BCUT2D eigenvalue weighted by atomic mass is 9.82. The molecule has 1 aliphatic rings. The number of phenolic OH excluding ortho intramolecular Hbond substituents is 1. The van der Waals surface area contributed by atoms with Crippen LogP contribution in [-0.4, -0.2) is 33.9 Å². The van der Waals surface area contributed by atoms with E-state index in [4.69, 9.17) is 0 Å². The van der Waals surface area contributed by atoms with Crippen LogP contribution in [0.4, 0.5) is 10.1 Å². The first kappa shape index (κ1) is 19.6. The molecular formula is C22H23FN2O3. The van der Waals surface area contributed by atoms with E-state index >= 15 is 0 Å². The Kier molecular flexibility index (Phi) is 5.23. The summed E-state index contributed by atoms with van der Waals surface area (Å²) in [7, 11) is 0. The first-order valence-corrected chi connectivity index (χ1v) is 9.08. The van der Waals surface area contributed by atoms with Crippen molar-refractivity contribution in [2.75, 3.05) is 11.9 Å². The van der Waals surface area contributed by atoms with Gasteiger partial charge in [0.2, 0.25) is 5.91 Å². The van der Waals surface area contributed by atoms with Gasteiger partial charge in [-0.2, -0.15) is 0 Å². The highest BCUT2D eigenvalue weighted by atomic mass is 19.1. The molecule has 5 nitrogen and oxygen atoms in total. The Hall–Kier alpha value is -3.15.